The topological polar surface area (TPSA) is 57.0 Å². The second-order valence-electron chi connectivity index (χ2n) is 7.05. The van der Waals surface area contributed by atoms with E-state index in [0.29, 0.717) is 23.1 Å². The van der Waals surface area contributed by atoms with Gasteiger partial charge in [-0.25, -0.2) is 4.39 Å². The van der Waals surface area contributed by atoms with Gasteiger partial charge in [-0.1, -0.05) is 42.1 Å². The predicted molar refractivity (Wildman–Crippen MR) is 110 cm³/mol. The lowest BCUT2D eigenvalue weighted by molar-refractivity contribution is 0.0953. The van der Waals surface area contributed by atoms with E-state index in [1.807, 2.05) is 41.8 Å². The maximum atomic E-state index is 13.4. The number of hydrogen-bond donors (Lipinski definition) is 0. The summed E-state index contributed by atoms with van der Waals surface area (Å²) in [7, 11) is 0. The summed E-state index contributed by atoms with van der Waals surface area (Å²) < 4.78 is 21.1. The third-order valence-corrected chi connectivity index (χ3v) is 6.02. The minimum absolute atomic E-state index is 0.0469. The van der Waals surface area contributed by atoms with E-state index in [-0.39, 0.29) is 23.0 Å². The molecule has 0 N–H and O–H groups in total. The van der Waals surface area contributed by atoms with Gasteiger partial charge in [0, 0.05) is 17.7 Å². The van der Waals surface area contributed by atoms with Gasteiger partial charge in [0.2, 0.25) is 0 Å². The standard InChI is InChI=1S/C22H22FN3O2S/c1-15(20(27)16-6-3-2-4-7-16)29-22-25-24-21(17-9-11-18(23)12-10-17)26(22)14-19-8-5-13-28-19/h2-4,6-7,9-12,15,19H,5,8,13-14H2,1H3. The van der Waals surface area contributed by atoms with Crippen molar-refractivity contribution in [1.29, 1.82) is 0 Å². The van der Waals surface area contributed by atoms with Crippen LogP contribution in [0.4, 0.5) is 4.39 Å². The number of halogens is 1. The van der Waals surface area contributed by atoms with Crippen molar-refractivity contribution in [3.05, 3.63) is 66.0 Å². The van der Waals surface area contributed by atoms with E-state index in [2.05, 4.69) is 10.2 Å². The summed E-state index contributed by atoms with van der Waals surface area (Å²) >= 11 is 1.39. The van der Waals surface area contributed by atoms with Crippen LogP contribution in [0.2, 0.25) is 0 Å². The van der Waals surface area contributed by atoms with E-state index >= 15 is 0 Å². The highest BCUT2D eigenvalue weighted by atomic mass is 32.2. The maximum Gasteiger partial charge on any atom is 0.192 e. The second-order valence-corrected chi connectivity index (χ2v) is 8.36. The fourth-order valence-corrected chi connectivity index (χ4v) is 4.33. The summed E-state index contributed by atoms with van der Waals surface area (Å²) in [4.78, 5) is 12.8. The van der Waals surface area contributed by atoms with Crippen LogP contribution in [0, 0.1) is 5.82 Å². The van der Waals surface area contributed by atoms with Crippen molar-refractivity contribution in [2.24, 2.45) is 0 Å². The van der Waals surface area contributed by atoms with E-state index in [0.717, 1.165) is 25.0 Å². The molecule has 2 atom stereocenters. The third-order valence-electron chi connectivity index (χ3n) is 4.94. The lowest BCUT2D eigenvalue weighted by Crippen LogP contribution is -2.19. The van der Waals surface area contributed by atoms with E-state index in [9.17, 15) is 9.18 Å². The Kier molecular flexibility index (Phi) is 6.06. The first-order valence-corrected chi connectivity index (χ1v) is 10.6. The molecule has 3 aromatic rings. The van der Waals surface area contributed by atoms with E-state index in [1.165, 1.54) is 23.9 Å². The normalized spacial score (nSPS) is 17.4. The smallest absolute Gasteiger partial charge is 0.192 e. The predicted octanol–water partition coefficient (Wildman–Crippen LogP) is 4.63. The summed E-state index contributed by atoms with van der Waals surface area (Å²) in [6.07, 6.45) is 2.10. The number of aromatic nitrogens is 3. The fraction of sp³-hybridized carbons (Fsp3) is 0.318. The summed E-state index contributed by atoms with van der Waals surface area (Å²) in [5.74, 6) is 0.406. The molecule has 0 bridgehead atoms. The second kappa shape index (κ2) is 8.88. The van der Waals surface area contributed by atoms with Crippen molar-refractivity contribution in [2.75, 3.05) is 6.61 Å². The number of Topliss-reactive ketones (excluding diaryl/α,β-unsaturated/α-hetero) is 1. The largest absolute Gasteiger partial charge is 0.376 e. The Morgan fingerprint density at radius 3 is 2.66 bits per heavy atom. The van der Waals surface area contributed by atoms with Gasteiger partial charge < -0.3 is 4.74 Å². The van der Waals surface area contributed by atoms with Gasteiger partial charge in [0.15, 0.2) is 16.8 Å². The SMILES string of the molecule is CC(Sc1nnc(-c2ccc(F)cc2)n1CC1CCCO1)C(=O)c1ccccc1. The average Bonchev–Trinajstić information content (AvgIpc) is 3.40. The first-order valence-electron chi connectivity index (χ1n) is 9.68. The number of ether oxygens (including phenoxy) is 1. The molecule has 0 radical (unpaired) electrons. The van der Waals surface area contributed by atoms with Gasteiger partial charge >= 0.3 is 0 Å². The number of hydrogen-bond acceptors (Lipinski definition) is 5. The monoisotopic (exact) mass is 411 g/mol. The lowest BCUT2D eigenvalue weighted by atomic mass is 10.1. The van der Waals surface area contributed by atoms with E-state index in [4.69, 9.17) is 4.74 Å². The molecule has 29 heavy (non-hydrogen) atoms. The summed E-state index contributed by atoms with van der Waals surface area (Å²) in [6, 6.07) is 15.5. The van der Waals surface area contributed by atoms with E-state index in [1.54, 1.807) is 12.1 Å². The number of thioether (sulfide) groups is 1. The molecule has 1 saturated heterocycles. The molecule has 1 aromatic heterocycles. The van der Waals surface area contributed by atoms with Crippen LogP contribution < -0.4 is 0 Å². The van der Waals surface area contributed by atoms with Crippen molar-refractivity contribution in [2.45, 2.75) is 42.8 Å². The highest BCUT2D eigenvalue weighted by Gasteiger charge is 2.25. The van der Waals surface area contributed by atoms with Gasteiger partial charge in [0.25, 0.3) is 0 Å². The molecule has 0 spiro atoms. The van der Waals surface area contributed by atoms with Crippen molar-refractivity contribution in [3.63, 3.8) is 0 Å². The number of carbonyl (C=O) groups is 1. The van der Waals surface area contributed by atoms with Gasteiger partial charge in [0.1, 0.15) is 5.82 Å². The van der Waals surface area contributed by atoms with Crippen LogP contribution >= 0.6 is 11.8 Å². The molecule has 1 aliphatic heterocycles. The number of nitrogens with zero attached hydrogens (tertiary/aromatic N) is 3. The highest BCUT2D eigenvalue weighted by Crippen LogP contribution is 2.30. The summed E-state index contributed by atoms with van der Waals surface area (Å²) in [5.41, 5.74) is 1.46. The Morgan fingerprint density at radius 1 is 1.21 bits per heavy atom. The Balaban J connectivity index is 1.61. The quantitative estimate of drug-likeness (QED) is 0.419. The van der Waals surface area contributed by atoms with Gasteiger partial charge in [-0.15, -0.1) is 10.2 Å². The van der Waals surface area contributed by atoms with Crippen LogP contribution in [0.1, 0.15) is 30.1 Å². The Labute approximate surface area is 173 Å². The van der Waals surface area contributed by atoms with Gasteiger partial charge in [-0.05, 0) is 44.0 Å². The zero-order chi connectivity index (χ0) is 20.2. The van der Waals surface area contributed by atoms with Crippen LogP contribution in [-0.2, 0) is 11.3 Å². The first-order chi connectivity index (χ1) is 14.1. The number of carbonyl (C=O) groups excluding carboxylic acids is 1. The van der Waals surface area contributed by atoms with Gasteiger partial charge in [-0.3, -0.25) is 9.36 Å². The van der Waals surface area contributed by atoms with Crippen molar-refractivity contribution >= 4 is 17.5 Å². The van der Waals surface area contributed by atoms with Crippen LogP contribution in [-0.4, -0.2) is 38.5 Å². The maximum absolute atomic E-state index is 13.4. The summed E-state index contributed by atoms with van der Waals surface area (Å²) in [6.45, 7) is 3.24. The average molecular weight is 412 g/mol. The third kappa shape index (κ3) is 4.57. The fourth-order valence-electron chi connectivity index (χ4n) is 3.39. The number of ketones is 1. The van der Waals surface area contributed by atoms with E-state index < -0.39 is 0 Å². The molecule has 2 aromatic carbocycles. The van der Waals surface area contributed by atoms with Crippen LogP contribution in [0.3, 0.4) is 0 Å². The van der Waals surface area contributed by atoms with Crippen LogP contribution in [0.25, 0.3) is 11.4 Å². The van der Waals surface area contributed by atoms with Gasteiger partial charge in [0.05, 0.1) is 17.9 Å². The Bertz CT molecular complexity index is 969. The molecule has 0 amide bonds. The minimum Gasteiger partial charge on any atom is -0.376 e. The highest BCUT2D eigenvalue weighted by molar-refractivity contribution is 8.00. The molecule has 5 nitrogen and oxygen atoms in total. The van der Waals surface area contributed by atoms with Gasteiger partial charge in [-0.2, -0.15) is 0 Å². The molecule has 0 aliphatic carbocycles. The molecular weight excluding hydrogens is 389 g/mol. The van der Waals surface area contributed by atoms with Crippen molar-refractivity contribution in [1.82, 2.24) is 14.8 Å². The molecule has 150 valence electrons. The molecule has 1 aliphatic rings. The van der Waals surface area contributed by atoms with Crippen molar-refractivity contribution in [3.8, 4) is 11.4 Å². The summed E-state index contributed by atoms with van der Waals surface area (Å²) in [5, 5.41) is 9.04. The molecule has 2 heterocycles. The zero-order valence-corrected chi connectivity index (χ0v) is 16.9. The first kappa shape index (κ1) is 19.8. The molecular formula is C22H22FN3O2S. The zero-order valence-electron chi connectivity index (χ0n) is 16.1. The molecule has 0 saturated carbocycles. The lowest BCUT2D eigenvalue weighted by Gasteiger charge is -2.16. The van der Waals surface area contributed by atoms with Crippen molar-refractivity contribution < 1.29 is 13.9 Å². The Hall–Kier alpha value is -2.51. The number of benzene rings is 2. The van der Waals surface area contributed by atoms with Crippen LogP contribution in [0.5, 0.6) is 0 Å². The Morgan fingerprint density at radius 2 is 1.97 bits per heavy atom. The van der Waals surface area contributed by atoms with Crippen LogP contribution in [0.15, 0.2) is 59.8 Å². The minimum atomic E-state index is -0.314. The number of rotatable bonds is 7. The molecule has 7 heteroatoms. The molecule has 4 rings (SSSR count). The molecule has 2 unspecified atom stereocenters. The molecule has 1 fully saturated rings.